The summed E-state index contributed by atoms with van der Waals surface area (Å²) in [6.07, 6.45) is 4.67. The first-order chi connectivity index (χ1) is 12.5. The van der Waals surface area contributed by atoms with Gasteiger partial charge in [0, 0.05) is 39.3 Å². The number of aliphatic imine (C=N–C) groups is 1. The lowest BCUT2D eigenvalue weighted by molar-refractivity contribution is 0.187. The van der Waals surface area contributed by atoms with Gasteiger partial charge in [0.1, 0.15) is 12.4 Å². The van der Waals surface area contributed by atoms with E-state index in [0.29, 0.717) is 12.6 Å². The summed E-state index contributed by atoms with van der Waals surface area (Å²) in [5.41, 5.74) is 0. The van der Waals surface area contributed by atoms with Crippen LogP contribution in [0.15, 0.2) is 4.99 Å². The van der Waals surface area contributed by atoms with Crippen LogP contribution in [0.3, 0.4) is 0 Å². The maximum Gasteiger partial charge on any atom is 0.191 e. The largest absolute Gasteiger partial charge is 0.356 e. The first-order valence-electron chi connectivity index (χ1n) is 10.1. The molecule has 148 valence electrons. The molecule has 0 aromatic carbocycles. The molecule has 0 saturated carbocycles. The highest BCUT2D eigenvalue weighted by Gasteiger charge is 2.20. The normalized spacial score (nSPS) is 17.1. The fourth-order valence-corrected chi connectivity index (χ4v) is 3.24. The number of piperidine rings is 1. The molecule has 2 heterocycles. The average molecular weight is 364 g/mol. The lowest BCUT2D eigenvalue weighted by Gasteiger charge is -2.34. The number of guanidine groups is 1. The Morgan fingerprint density at radius 2 is 2.00 bits per heavy atom. The highest BCUT2D eigenvalue weighted by atomic mass is 15.3. The lowest BCUT2D eigenvalue weighted by Crippen LogP contribution is -2.49. The van der Waals surface area contributed by atoms with Gasteiger partial charge in [0.15, 0.2) is 11.8 Å². The van der Waals surface area contributed by atoms with Crippen LogP contribution in [0.1, 0.15) is 58.1 Å². The minimum Gasteiger partial charge on any atom is -0.356 e. The molecule has 0 aliphatic carbocycles. The first kappa shape index (κ1) is 20.7. The predicted octanol–water partition coefficient (Wildman–Crippen LogP) is 2.08. The van der Waals surface area contributed by atoms with Gasteiger partial charge in [-0.25, -0.2) is 4.99 Å². The van der Waals surface area contributed by atoms with Crippen LogP contribution in [-0.2, 0) is 13.6 Å². The van der Waals surface area contributed by atoms with Crippen molar-refractivity contribution in [3.63, 3.8) is 0 Å². The van der Waals surface area contributed by atoms with Crippen molar-refractivity contribution in [1.29, 1.82) is 0 Å². The molecule has 0 amide bonds. The number of likely N-dealkylation sites (tertiary alicyclic amines) is 1. The molecule has 7 nitrogen and oxygen atoms in total. The van der Waals surface area contributed by atoms with Crippen LogP contribution in [0.25, 0.3) is 0 Å². The van der Waals surface area contributed by atoms with E-state index < -0.39 is 0 Å². The molecule has 2 rings (SSSR count). The standard InChI is InChI=1S/C19H37N7/c1-6-7-10-20-19(21-13-18-24-23-16(4)25(18)5)22-17-8-11-26(12-9-17)14-15(2)3/h15,17H,6-14H2,1-5H3,(H2,20,21,22). The summed E-state index contributed by atoms with van der Waals surface area (Å²) in [5, 5.41) is 15.4. The van der Waals surface area contributed by atoms with E-state index in [1.165, 1.54) is 38.9 Å². The number of aromatic nitrogens is 3. The number of nitrogens with zero attached hydrogens (tertiary/aromatic N) is 5. The Morgan fingerprint density at radius 1 is 1.27 bits per heavy atom. The van der Waals surface area contributed by atoms with E-state index in [0.717, 1.165) is 36.5 Å². The second kappa shape index (κ2) is 10.5. The van der Waals surface area contributed by atoms with Crippen molar-refractivity contribution in [3.8, 4) is 0 Å². The fourth-order valence-electron chi connectivity index (χ4n) is 3.24. The van der Waals surface area contributed by atoms with Crippen molar-refractivity contribution in [2.45, 2.75) is 66.0 Å². The molecule has 0 atom stereocenters. The predicted molar refractivity (Wildman–Crippen MR) is 107 cm³/mol. The van der Waals surface area contributed by atoms with Gasteiger partial charge in [0.05, 0.1) is 0 Å². The summed E-state index contributed by atoms with van der Waals surface area (Å²) >= 11 is 0. The zero-order valence-electron chi connectivity index (χ0n) is 17.3. The van der Waals surface area contributed by atoms with Gasteiger partial charge < -0.3 is 20.1 Å². The quantitative estimate of drug-likeness (QED) is 0.420. The SMILES string of the molecule is CCCCNC(=NCc1nnc(C)n1C)NC1CCN(CC(C)C)CC1. The van der Waals surface area contributed by atoms with E-state index in [4.69, 9.17) is 4.99 Å². The molecule has 7 heteroatoms. The summed E-state index contributed by atoms with van der Waals surface area (Å²) in [5.74, 6) is 3.45. The Kier molecular flexibility index (Phi) is 8.35. The molecular formula is C19H37N7. The Balaban J connectivity index is 1.90. The molecule has 1 saturated heterocycles. The van der Waals surface area contributed by atoms with Gasteiger partial charge in [-0.05, 0) is 32.1 Å². The van der Waals surface area contributed by atoms with Gasteiger partial charge in [0.25, 0.3) is 0 Å². The molecule has 0 spiro atoms. The van der Waals surface area contributed by atoms with E-state index >= 15 is 0 Å². The van der Waals surface area contributed by atoms with Crippen molar-refractivity contribution in [3.05, 3.63) is 11.6 Å². The molecule has 26 heavy (non-hydrogen) atoms. The number of hydrogen-bond acceptors (Lipinski definition) is 4. The van der Waals surface area contributed by atoms with E-state index in [1.807, 2.05) is 18.5 Å². The summed E-state index contributed by atoms with van der Waals surface area (Å²) < 4.78 is 2.00. The maximum atomic E-state index is 4.76. The summed E-state index contributed by atoms with van der Waals surface area (Å²) in [6, 6.07) is 0.493. The average Bonchev–Trinajstić information content (AvgIpc) is 2.93. The van der Waals surface area contributed by atoms with E-state index in [9.17, 15) is 0 Å². The van der Waals surface area contributed by atoms with Crippen molar-refractivity contribution in [2.24, 2.45) is 18.0 Å². The summed E-state index contributed by atoms with van der Waals surface area (Å²) in [6.45, 7) is 13.8. The Morgan fingerprint density at radius 3 is 2.58 bits per heavy atom. The highest BCUT2D eigenvalue weighted by Crippen LogP contribution is 2.12. The molecule has 1 aliphatic rings. The Hall–Kier alpha value is -1.63. The van der Waals surface area contributed by atoms with Gasteiger partial charge in [-0.15, -0.1) is 10.2 Å². The van der Waals surface area contributed by atoms with E-state index in [2.05, 4.69) is 46.5 Å². The molecule has 1 aromatic heterocycles. The second-order valence-electron chi connectivity index (χ2n) is 7.78. The minimum atomic E-state index is 0.493. The summed E-state index contributed by atoms with van der Waals surface area (Å²) in [4.78, 5) is 7.33. The van der Waals surface area contributed by atoms with E-state index in [1.54, 1.807) is 0 Å². The lowest BCUT2D eigenvalue weighted by atomic mass is 10.0. The number of hydrogen-bond donors (Lipinski definition) is 2. The van der Waals surface area contributed by atoms with Crippen molar-refractivity contribution < 1.29 is 0 Å². The third-order valence-electron chi connectivity index (χ3n) is 4.94. The van der Waals surface area contributed by atoms with Crippen molar-refractivity contribution in [1.82, 2.24) is 30.3 Å². The molecule has 0 radical (unpaired) electrons. The molecule has 2 N–H and O–H groups in total. The monoisotopic (exact) mass is 363 g/mol. The smallest absolute Gasteiger partial charge is 0.191 e. The number of unbranched alkanes of at least 4 members (excludes halogenated alkanes) is 1. The number of aryl methyl sites for hydroxylation is 1. The van der Waals surface area contributed by atoms with Crippen molar-refractivity contribution >= 4 is 5.96 Å². The van der Waals surface area contributed by atoms with Crippen LogP contribution in [0.2, 0.25) is 0 Å². The molecule has 1 fully saturated rings. The molecule has 1 aliphatic heterocycles. The van der Waals surface area contributed by atoms with Gasteiger partial charge >= 0.3 is 0 Å². The summed E-state index contributed by atoms with van der Waals surface area (Å²) in [7, 11) is 1.99. The molecular weight excluding hydrogens is 326 g/mol. The fraction of sp³-hybridized carbons (Fsp3) is 0.842. The van der Waals surface area contributed by atoms with Gasteiger partial charge in [0.2, 0.25) is 0 Å². The van der Waals surface area contributed by atoms with Crippen molar-refractivity contribution in [2.75, 3.05) is 26.2 Å². The number of nitrogens with one attached hydrogen (secondary N) is 2. The Labute approximate surface area is 158 Å². The van der Waals surface area contributed by atoms with Crippen LogP contribution < -0.4 is 10.6 Å². The maximum absolute atomic E-state index is 4.76. The van der Waals surface area contributed by atoms with Crippen LogP contribution >= 0.6 is 0 Å². The van der Waals surface area contributed by atoms with Gasteiger partial charge in [-0.1, -0.05) is 27.2 Å². The van der Waals surface area contributed by atoms with Gasteiger partial charge in [-0.2, -0.15) is 0 Å². The Bertz CT molecular complexity index is 556. The minimum absolute atomic E-state index is 0.493. The molecule has 0 unspecified atom stereocenters. The topological polar surface area (TPSA) is 70.4 Å². The number of rotatable bonds is 8. The van der Waals surface area contributed by atoms with Crippen LogP contribution in [0, 0.1) is 12.8 Å². The zero-order valence-corrected chi connectivity index (χ0v) is 17.3. The molecule has 1 aromatic rings. The van der Waals surface area contributed by atoms with Crippen LogP contribution in [0.5, 0.6) is 0 Å². The third-order valence-corrected chi connectivity index (χ3v) is 4.94. The van der Waals surface area contributed by atoms with Crippen LogP contribution in [-0.4, -0.2) is 57.8 Å². The molecule has 0 bridgehead atoms. The zero-order chi connectivity index (χ0) is 18.9. The van der Waals surface area contributed by atoms with E-state index in [-0.39, 0.29) is 0 Å². The third kappa shape index (κ3) is 6.59. The van der Waals surface area contributed by atoms with Gasteiger partial charge in [-0.3, -0.25) is 0 Å². The van der Waals surface area contributed by atoms with Crippen LogP contribution in [0.4, 0.5) is 0 Å². The first-order valence-corrected chi connectivity index (χ1v) is 10.1. The highest BCUT2D eigenvalue weighted by molar-refractivity contribution is 5.80. The second-order valence-corrected chi connectivity index (χ2v) is 7.78.